The number of carbonyl (C=O) groups excluding carboxylic acids is 1. The van der Waals surface area contributed by atoms with Crippen molar-refractivity contribution in [2.45, 2.75) is 32.2 Å². The van der Waals surface area contributed by atoms with Gasteiger partial charge in [-0.2, -0.15) is 5.10 Å². The van der Waals surface area contributed by atoms with Gasteiger partial charge in [-0.05, 0) is 36.3 Å². The van der Waals surface area contributed by atoms with Crippen molar-refractivity contribution in [3.63, 3.8) is 0 Å². The van der Waals surface area contributed by atoms with Crippen LogP contribution in [0.5, 0.6) is 0 Å². The Kier molecular flexibility index (Phi) is 6.60. The van der Waals surface area contributed by atoms with Crippen molar-refractivity contribution in [1.82, 2.24) is 14.7 Å². The van der Waals surface area contributed by atoms with Gasteiger partial charge in [0, 0.05) is 38.8 Å². The lowest BCUT2D eigenvalue weighted by molar-refractivity contribution is -0.114. The highest BCUT2D eigenvalue weighted by Gasteiger charge is 2.26. The van der Waals surface area contributed by atoms with Crippen LogP contribution in [0.2, 0.25) is 0 Å². The Morgan fingerprint density at radius 2 is 1.67 bits per heavy atom. The molecule has 0 bridgehead atoms. The second kappa shape index (κ2) is 9.72. The van der Waals surface area contributed by atoms with Crippen LogP contribution < -0.4 is 5.32 Å². The van der Waals surface area contributed by atoms with Gasteiger partial charge in [-0.3, -0.25) is 9.48 Å². The molecular weight excluding hydrogens is 372 g/mol. The van der Waals surface area contributed by atoms with E-state index < -0.39 is 0 Å². The summed E-state index contributed by atoms with van der Waals surface area (Å²) in [5.41, 5.74) is 2.81. The fourth-order valence-electron chi connectivity index (χ4n) is 4.44. The number of rotatable bonds is 8. The van der Waals surface area contributed by atoms with E-state index in [-0.39, 0.29) is 5.91 Å². The highest BCUT2D eigenvalue weighted by atomic mass is 16.1. The normalized spacial score (nSPS) is 16.8. The van der Waals surface area contributed by atoms with Crippen molar-refractivity contribution in [2.24, 2.45) is 5.92 Å². The zero-order chi connectivity index (χ0) is 20.8. The van der Waals surface area contributed by atoms with Gasteiger partial charge in [-0.25, -0.2) is 0 Å². The number of aromatic nitrogens is 2. The molecule has 3 aromatic rings. The average molecular weight is 403 g/mol. The number of nitrogens with zero attached hydrogens (tertiary/aromatic N) is 3. The van der Waals surface area contributed by atoms with Gasteiger partial charge in [0.2, 0.25) is 5.91 Å². The van der Waals surface area contributed by atoms with Crippen LogP contribution in [0, 0.1) is 5.92 Å². The summed E-state index contributed by atoms with van der Waals surface area (Å²) in [6.45, 7) is 4.68. The maximum Gasteiger partial charge on any atom is 0.222 e. The number of hydrogen-bond donors (Lipinski definition) is 1. The number of carbonyl (C=O) groups is 1. The largest absolute Gasteiger partial charge is 0.309 e. The average Bonchev–Trinajstić information content (AvgIpc) is 3.38. The molecule has 2 aromatic carbocycles. The quantitative estimate of drug-likeness (QED) is 0.615. The van der Waals surface area contributed by atoms with Crippen LogP contribution in [0.4, 0.5) is 5.82 Å². The number of anilines is 1. The van der Waals surface area contributed by atoms with E-state index in [2.05, 4.69) is 76.0 Å². The third-order valence-electron chi connectivity index (χ3n) is 5.78. The van der Waals surface area contributed by atoms with Gasteiger partial charge in [0.05, 0.1) is 6.04 Å². The van der Waals surface area contributed by atoms with Gasteiger partial charge < -0.3 is 10.2 Å². The first-order valence-electron chi connectivity index (χ1n) is 10.8. The van der Waals surface area contributed by atoms with Gasteiger partial charge in [0.15, 0.2) is 5.82 Å². The number of amides is 1. The summed E-state index contributed by atoms with van der Waals surface area (Å²) >= 11 is 0. The number of likely N-dealkylation sites (tertiary alicyclic amines) is 1. The lowest BCUT2D eigenvalue weighted by Gasteiger charge is -2.24. The van der Waals surface area contributed by atoms with Gasteiger partial charge in [0.25, 0.3) is 0 Å². The summed E-state index contributed by atoms with van der Waals surface area (Å²) in [5, 5.41) is 7.30. The Morgan fingerprint density at radius 1 is 1.03 bits per heavy atom. The van der Waals surface area contributed by atoms with Crippen molar-refractivity contribution >= 4 is 11.7 Å². The zero-order valence-electron chi connectivity index (χ0n) is 17.6. The summed E-state index contributed by atoms with van der Waals surface area (Å²) in [6, 6.07) is 23.9. The van der Waals surface area contributed by atoms with E-state index in [9.17, 15) is 4.79 Å². The summed E-state index contributed by atoms with van der Waals surface area (Å²) in [5.74, 6) is 1.12. The Balaban J connectivity index is 1.40. The fourth-order valence-corrected chi connectivity index (χ4v) is 4.44. The molecule has 0 spiro atoms. The minimum absolute atomic E-state index is 0.0852. The van der Waals surface area contributed by atoms with Crippen molar-refractivity contribution in [1.29, 1.82) is 0 Å². The van der Waals surface area contributed by atoms with Crippen LogP contribution in [0.25, 0.3) is 0 Å². The molecule has 1 aromatic heterocycles. The summed E-state index contributed by atoms with van der Waals surface area (Å²) in [7, 11) is 0. The highest BCUT2D eigenvalue weighted by Crippen LogP contribution is 2.25. The number of benzene rings is 2. The molecule has 1 aliphatic rings. The van der Waals surface area contributed by atoms with E-state index >= 15 is 0 Å². The lowest BCUT2D eigenvalue weighted by atomic mass is 9.92. The van der Waals surface area contributed by atoms with Crippen molar-refractivity contribution in [2.75, 3.05) is 25.0 Å². The molecule has 1 aliphatic heterocycles. The molecule has 0 radical (unpaired) electrons. The van der Waals surface area contributed by atoms with E-state index in [0.717, 1.165) is 38.9 Å². The number of hydrogen-bond acceptors (Lipinski definition) is 3. The van der Waals surface area contributed by atoms with Gasteiger partial charge in [-0.15, -0.1) is 0 Å². The lowest BCUT2D eigenvalue weighted by Crippen LogP contribution is -2.30. The molecule has 0 saturated carbocycles. The first-order chi connectivity index (χ1) is 14.7. The molecular formula is C25H30N4O. The van der Waals surface area contributed by atoms with E-state index in [1.54, 1.807) is 0 Å². The summed E-state index contributed by atoms with van der Waals surface area (Å²) in [6.07, 6.45) is 5.24. The predicted molar refractivity (Wildman–Crippen MR) is 120 cm³/mol. The van der Waals surface area contributed by atoms with Crippen molar-refractivity contribution in [3.8, 4) is 0 Å². The first-order valence-corrected chi connectivity index (χ1v) is 10.8. The molecule has 1 amide bonds. The Hall–Kier alpha value is -2.92. The molecule has 1 saturated heterocycles. The molecule has 0 unspecified atom stereocenters. The second-order valence-electron chi connectivity index (χ2n) is 8.31. The van der Waals surface area contributed by atoms with Crippen LogP contribution in [-0.2, 0) is 17.6 Å². The SMILES string of the molecule is CC(=O)Nc1ccn([C@H]2CCN(CC(Cc3ccccc3)Cc3ccccc3)C2)n1. The predicted octanol–water partition coefficient (Wildman–Crippen LogP) is 4.19. The molecule has 5 heteroatoms. The molecule has 156 valence electrons. The maximum absolute atomic E-state index is 11.2. The van der Waals surface area contributed by atoms with Gasteiger partial charge in [0.1, 0.15) is 0 Å². The van der Waals surface area contributed by atoms with Crippen LogP contribution in [-0.4, -0.2) is 40.2 Å². The van der Waals surface area contributed by atoms with Gasteiger partial charge in [-0.1, -0.05) is 60.7 Å². The van der Waals surface area contributed by atoms with E-state index in [0.29, 0.717) is 17.8 Å². The molecule has 30 heavy (non-hydrogen) atoms. The maximum atomic E-state index is 11.2. The fraction of sp³-hybridized carbons (Fsp3) is 0.360. The van der Waals surface area contributed by atoms with E-state index in [4.69, 9.17) is 0 Å². The molecule has 1 N–H and O–H groups in total. The minimum atomic E-state index is -0.0852. The smallest absolute Gasteiger partial charge is 0.222 e. The van der Waals surface area contributed by atoms with Crippen molar-refractivity contribution < 1.29 is 4.79 Å². The molecule has 5 nitrogen and oxygen atoms in total. The van der Waals surface area contributed by atoms with E-state index in [1.807, 2.05) is 16.9 Å². The molecule has 4 rings (SSSR count). The second-order valence-corrected chi connectivity index (χ2v) is 8.31. The highest BCUT2D eigenvalue weighted by molar-refractivity contribution is 5.87. The zero-order valence-corrected chi connectivity index (χ0v) is 17.6. The van der Waals surface area contributed by atoms with Crippen LogP contribution in [0.1, 0.15) is 30.5 Å². The molecule has 1 atom stereocenters. The topological polar surface area (TPSA) is 50.2 Å². The standard InChI is InChI=1S/C25H30N4O/c1-20(30)26-25-13-15-29(27-25)24-12-14-28(19-24)18-23(16-21-8-4-2-5-9-21)17-22-10-6-3-7-11-22/h2-11,13,15,23-24H,12,14,16-19H2,1H3,(H,26,27,30)/t24-/m0/s1. The summed E-state index contributed by atoms with van der Waals surface area (Å²) in [4.78, 5) is 13.8. The minimum Gasteiger partial charge on any atom is -0.309 e. The molecule has 1 fully saturated rings. The van der Waals surface area contributed by atoms with Crippen LogP contribution in [0.15, 0.2) is 72.9 Å². The monoisotopic (exact) mass is 402 g/mol. The molecule has 2 heterocycles. The van der Waals surface area contributed by atoms with E-state index in [1.165, 1.54) is 18.1 Å². The molecule has 0 aliphatic carbocycles. The van der Waals surface area contributed by atoms with Gasteiger partial charge >= 0.3 is 0 Å². The third kappa shape index (κ3) is 5.57. The number of nitrogens with one attached hydrogen (secondary N) is 1. The van der Waals surface area contributed by atoms with Crippen LogP contribution in [0.3, 0.4) is 0 Å². The Labute approximate surface area is 178 Å². The van der Waals surface area contributed by atoms with Crippen LogP contribution >= 0.6 is 0 Å². The summed E-state index contributed by atoms with van der Waals surface area (Å²) < 4.78 is 2.01. The Bertz CT molecular complexity index is 897. The van der Waals surface area contributed by atoms with Crippen molar-refractivity contribution in [3.05, 3.63) is 84.1 Å². The third-order valence-corrected chi connectivity index (χ3v) is 5.78. The Morgan fingerprint density at radius 3 is 2.27 bits per heavy atom. The first kappa shape index (κ1) is 20.4.